The van der Waals surface area contributed by atoms with Gasteiger partial charge in [-0.25, -0.2) is 19.3 Å². The smallest absolute Gasteiger partial charge is 0.416 e. The summed E-state index contributed by atoms with van der Waals surface area (Å²) in [5.41, 5.74) is 0.374. The average molecular weight is 388 g/mol. The molecule has 0 N–H and O–H groups in total. The Bertz CT molecular complexity index is 1150. The molecule has 0 aliphatic rings. The zero-order valence-corrected chi connectivity index (χ0v) is 14.4. The fourth-order valence-corrected chi connectivity index (χ4v) is 2.85. The Kier molecular flexibility index (Phi) is 4.21. The maximum absolute atomic E-state index is 14.4. The van der Waals surface area contributed by atoms with Crippen molar-refractivity contribution in [1.29, 1.82) is 0 Å². The molecule has 5 nitrogen and oxygen atoms in total. The number of benzene rings is 2. The third kappa shape index (κ3) is 3.04. The molecule has 4 aromatic rings. The summed E-state index contributed by atoms with van der Waals surface area (Å²) in [5, 5.41) is 0. The number of fused-ring (bicyclic) bond motifs is 1. The topological polar surface area (TPSA) is 52.8 Å². The second-order valence-electron chi connectivity index (χ2n) is 5.90. The van der Waals surface area contributed by atoms with Crippen LogP contribution in [0, 0.1) is 5.82 Å². The van der Waals surface area contributed by atoms with Crippen LogP contribution in [0.15, 0.2) is 55.1 Å². The van der Waals surface area contributed by atoms with Gasteiger partial charge in [0.25, 0.3) is 0 Å². The van der Waals surface area contributed by atoms with Crippen molar-refractivity contribution >= 4 is 11.2 Å². The summed E-state index contributed by atoms with van der Waals surface area (Å²) in [6.45, 7) is 0. The Hall–Kier alpha value is -3.49. The van der Waals surface area contributed by atoms with Crippen LogP contribution in [0.25, 0.3) is 28.1 Å². The first-order chi connectivity index (χ1) is 13.4. The molecular formula is C19H12F4N4O. The standard InChI is InChI=1S/C19H12F4N4O/c1-28-13-5-3-12(4-6-13)27-10-26-17-16(24-9-25-18(17)27)14-7-2-11(8-15(14)20)19(21,22)23/h2-10H,1H3. The van der Waals surface area contributed by atoms with Gasteiger partial charge in [0, 0.05) is 11.3 Å². The van der Waals surface area contributed by atoms with Crippen LogP contribution in [-0.4, -0.2) is 26.6 Å². The predicted octanol–water partition coefficient (Wildman–Crippen LogP) is 4.65. The number of alkyl halides is 3. The minimum atomic E-state index is -4.63. The maximum atomic E-state index is 14.4. The largest absolute Gasteiger partial charge is 0.497 e. The van der Waals surface area contributed by atoms with E-state index in [0.717, 1.165) is 17.8 Å². The lowest BCUT2D eigenvalue weighted by molar-refractivity contribution is -0.137. The van der Waals surface area contributed by atoms with Crippen LogP contribution >= 0.6 is 0 Å². The summed E-state index contributed by atoms with van der Waals surface area (Å²) in [6.07, 6.45) is -1.92. The monoisotopic (exact) mass is 388 g/mol. The quantitative estimate of drug-likeness (QED) is 0.480. The molecule has 0 atom stereocenters. The lowest BCUT2D eigenvalue weighted by Crippen LogP contribution is -2.05. The third-order valence-corrected chi connectivity index (χ3v) is 4.24. The van der Waals surface area contributed by atoms with Crippen molar-refractivity contribution in [2.75, 3.05) is 7.11 Å². The molecule has 0 aliphatic carbocycles. The van der Waals surface area contributed by atoms with E-state index in [1.165, 1.54) is 12.7 Å². The molecule has 0 saturated heterocycles. The van der Waals surface area contributed by atoms with Gasteiger partial charge in [0.15, 0.2) is 5.65 Å². The first-order valence-electron chi connectivity index (χ1n) is 8.08. The number of imidazole rings is 1. The van der Waals surface area contributed by atoms with Crippen molar-refractivity contribution in [2.24, 2.45) is 0 Å². The summed E-state index contributed by atoms with van der Waals surface area (Å²) in [5.74, 6) is -0.357. The lowest BCUT2D eigenvalue weighted by atomic mass is 10.1. The van der Waals surface area contributed by atoms with Crippen molar-refractivity contribution in [2.45, 2.75) is 6.18 Å². The molecule has 28 heavy (non-hydrogen) atoms. The second-order valence-corrected chi connectivity index (χ2v) is 5.90. The maximum Gasteiger partial charge on any atom is 0.416 e. The molecule has 0 saturated carbocycles. The number of ether oxygens (including phenoxy) is 1. The van der Waals surface area contributed by atoms with E-state index < -0.39 is 17.6 Å². The minimum Gasteiger partial charge on any atom is -0.497 e. The normalized spacial score (nSPS) is 11.8. The van der Waals surface area contributed by atoms with Gasteiger partial charge in [-0.15, -0.1) is 0 Å². The summed E-state index contributed by atoms with van der Waals surface area (Å²) in [6, 6.07) is 9.42. The highest BCUT2D eigenvalue weighted by Gasteiger charge is 2.31. The van der Waals surface area contributed by atoms with Crippen molar-refractivity contribution < 1.29 is 22.3 Å². The fourth-order valence-electron chi connectivity index (χ4n) is 2.85. The average Bonchev–Trinajstić information content (AvgIpc) is 3.11. The summed E-state index contributed by atoms with van der Waals surface area (Å²) in [7, 11) is 1.56. The number of aromatic nitrogens is 4. The summed E-state index contributed by atoms with van der Waals surface area (Å²) < 4.78 is 59.5. The molecule has 4 rings (SSSR count). The highest BCUT2D eigenvalue weighted by atomic mass is 19.4. The zero-order chi connectivity index (χ0) is 19.9. The van der Waals surface area contributed by atoms with Crippen molar-refractivity contribution in [1.82, 2.24) is 19.5 Å². The molecule has 2 aromatic heterocycles. The number of methoxy groups -OCH3 is 1. The molecule has 0 fully saturated rings. The Balaban J connectivity index is 1.83. The molecule has 142 valence electrons. The van der Waals surface area contributed by atoms with E-state index in [0.29, 0.717) is 17.5 Å². The number of hydrogen-bond acceptors (Lipinski definition) is 4. The van der Waals surface area contributed by atoms with E-state index in [1.54, 1.807) is 35.9 Å². The Morgan fingerprint density at radius 2 is 1.71 bits per heavy atom. The second kappa shape index (κ2) is 6.59. The minimum absolute atomic E-state index is 0.0830. The number of rotatable bonds is 3. The fraction of sp³-hybridized carbons (Fsp3) is 0.105. The van der Waals surface area contributed by atoms with E-state index in [9.17, 15) is 17.6 Å². The van der Waals surface area contributed by atoms with Crippen molar-refractivity contribution in [3.63, 3.8) is 0 Å². The molecule has 0 spiro atoms. The predicted molar refractivity (Wildman–Crippen MR) is 93.6 cm³/mol. The molecule has 0 amide bonds. The first kappa shape index (κ1) is 17.9. The highest BCUT2D eigenvalue weighted by molar-refractivity contribution is 5.88. The number of nitrogens with zero attached hydrogens (tertiary/aromatic N) is 4. The van der Waals surface area contributed by atoms with Gasteiger partial charge in [-0.1, -0.05) is 0 Å². The van der Waals surface area contributed by atoms with Gasteiger partial charge in [0.1, 0.15) is 35.4 Å². The van der Waals surface area contributed by atoms with Crippen LogP contribution < -0.4 is 4.74 Å². The first-order valence-corrected chi connectivity index (χ1v) is 8.08. The van der Waals surface area contributed by atoms with Gasteiger partial charge in [-0.05, 0) is 42.5 Å². The zero-order valence-electron chi connectivity index (χ0n) is 14.4. The number of hydrogen-bond donors (Lipinski definition) is 0. The summed E-state index contributed by atoms with van der Waals surface area (Å²) in [4.78, 5) is 12.5. The number of halogens is 4. The van der Waals surface area contributed by atoms with Gasteiger partial charge < -0.3 is 4.74 Å². The van der Waals surface area contributed by atoms with E-state index in [4.69, 9.17) is 4.74 Å². The summed E-state index contributed by atoms with van der Waals surface area (Å²) >= 11 is 0. The Labute approximate surface area is 156 Å². The van der Waals surface area contributed by atoms with E-state index in [1.807, 2.05) is 0 Å². The van der Waals surface area contributed by atoms with Gasteiger partial charge in [-0.2, -0.15) is 13.2 Å². The van der Waals surface area contributed by atoms with Gasteiger partial charge in [0.2, 0.25) is 0 Å². The van der Waals surface area contributed by atoms with Crippen LogP contribution in [0.1, 0.15) is 5.56 Å². The van der Waals surface area contributed by atoms with Crippen LogP contribution in [0.4, 0.5) is 17.6 Å². The Morgan fingerprint density at radius 1 is 0.964 bits per heavy atom. The molecular weight excluding hydrogens is 376 g/mol. The van der Waals surface area contributed by atoms with Crippen molar-refractivity contribution in [3.05, 3.63) is 66.5 Å². The molecule has 2 heterocycles. The van der Waals surface area contributed by atoms with Gasteiger partial charge in [0.05, 0.1) is 12.7 Å². The Morgan fingerprint density at radius 3 is 2.36 bits per heavy atom. The van der Waals surface area contributed by atoms with Crippen LogP contribution in [0.2, 0.25) is 0 Å². The van der Waals surface area contributed by atoms with Crippen LogP contribution in [-0.2, 0) is 6.18 Å². The van der Waals surface area contributed by atoms with Crippen molar-refractivity contribution in [3.8, 4) is 22.7 Å². The third-order valence-electron chi connectivity index (χ3n) is 4.24. The lowest BCUT2D eigenvalue weighted by Gasteiger charge is -2.09. The molecule has 0 aliphatic heterocycles. The molecule has 0 radical (unpaired) electrons. The van der Waals surface area contributed by atoms with Gasteiger partial charge in [-0.3, -0.25) is 4.57 Å². The SMILES string of the molecule is COc1ccc(-n2cnc3c(-c4ccc(C(F)(F)F)cc4F)ncnc32)cc1. The van der Waals surface area contributed by atoms with E-state index in [2.05, 4.69) is 15.0 Å². The van der Waals surface area contributed by atoms with Gasteiger partial charge >= 0.3 is 6.18 Å². The molecule has 9 heteroatoms. The highest BCUT2D eigenvalue weighted by Crippen LogP contribution is 2.34. The van der Waals surface area contributed by atoms with E-state index in [-0.39, 0.29) is 16.8 Å². The molecule has 2 aromatic carbocycles. The van der Waals surface area contributed by atoms with Crippen LogP contribution in [0.3, 0.4) is 0 Å². The van der Waals surface area contributed by atoms with E-state index >= 15 is 0 Å². The van der Waals surface area contributed by atoms with Crippen LogP contribution in [0.5, 0.6) is 5.75 Å². The molecule has 0 bridgehead atoms. The molecule has 0 unspecified atom stereocenters.